The predicted octanol–water partition coefficient (Wildman–Crippen LogP) is 5.96. The van der Waals surface area contributed by atoms with Gasteiger partial charge < -0.3 is 18.7 Å². The summed E-state index contributed by atoms with van der Waals surface area (Å²) in [7, 11) is -3.81. The van der Waals surface area contributed by atoms with Gasteiger partial charge in [0.25, 0.3) is 0 Å². The second-order valence-electron chi connectivity index (χ2n) is 7.28. The number of hydrogen-bond donors (Lipinski definition) is 1. The van der Waals surface area contributed by atoms with Crippen LogP contribution in [0.15, 0.2) is 72.8 Å². The van der Waals surface area contributed by atoms with Crippen molar-refractivity contribution in [1.29, 1.82) is 0 Å². The first kappa shape index (κ1) is 22.3. The predicted molar refractivity (Wildman–Crippen MR) is 125 cm³/mol. The number of phenolic OH excluding ortho intramolecular Hbond substituents is 1. The molecule has 0 saturated heterocycles. The summed E-state index contributed by atoms with van der Waals surface area (Å²) in [6.07, 6.45) is 0.424. The van der Waals surface area contributed by atoms with Gasteiger partial charge in [0.05, 0.1) is 18.9 Å². The van der Waals surface area contributed by atoms with Crippen molar-refractivity contribution >= 4 is 23.8 Å². The molecule has 0 bridgehead atoms. The molecule has 1 N–H and O–H groups in total. The van der Waals surface area contributed by atoms with Crippen LogP contribution in [0.1, 0.15) is 25.1 Å². The largest absolute Gasteiger partial charge is 0.506 e. The standard InChI is InChI=1S/C25H25FNO4P/c1-3-30-32(29,31-4-2)25-20-15-14-19(26)17-21(20)23(16-18-10-6-5-7-11-18)27(25)22-12-8-9-13-24(22)28/h5-15,17,28H,3-4,16H2,1-2H3. The molecule has 7 heteroatoms. The number of aromatic nitrogens is 1. The van der Waals surface area contributed by atoms with E-state index in [4.69, 9.17) is 9.05 Å². The second-order valence-corrected chi connectivity index (χ2v) is 9.21. The molecule has 1 heterocycles. The maximum absolute atomic E-state index is 14.4. The van der Waals surface area contributed by atoms with Gasteiger partial charge in [0.2, 0.25) is 0 Å². The maximum atomic E-state index is 14.4. The van der Waals surface area contributed by atoms with Gasteiger partial charge in [-0.2, -0.15) is 0 Å². The summed E-state index contributed by atoms with van der Waals surface area (Å²) in [6, 6.07) is 20.8. The number of fused-ring (bicyclic) bond motifs is 1. The zero-order chi connectivity index (χ0) is 22.7. The monoisotopic (exact) mass is 453 g/mol. The molecular weight excluding hydrogens is 428 g/mol. The van der Waals surface area contributed by atoms with Gasteiger partial charge in [-0.1, -0.05) is 42.5 Å². The Bertz CT molecular complexity index is 1280. The Morgan fingerprint density at radius 3 is 2.22 bits per heavy atom. The van der Waals surface area contributed by atoms with E-state index in [1.165, 1.54) is 12.1 Å². The van der Waals surface area contributed by atoms with Gasteiger partial charge in [-0.3, -0.25) is 4.57 Å². The Morgan fingerprint density at radius 1 is 0.906 bits per heavy atom. The van der Waals surface area contributed by atoms with E-state index in [-0.39, 0.29) is 24.4 Å². The molecule has 4 rings (SSSR count). The Hall–Kier alpha value is -2.92. The van der Waals surface area contributed by atoms with Crippen molar-refractivity contribution in [2.75, 3.05) is 13.2 Å². The molecule has 166 valence electrons. The molecule has 3 aromatic carbocycles. The van der Waals surface area contributed by atoms with Crippen LogP contribution in [0.2, 0.25) is 0 Å². The van der Waals surface area contributed by atoms with Crippen LogP contribution in [0.25, 0.3) is 16.5 Å². The topological polar surface area (TPSA) is 60.7 Å². The van der Waals surface area contributed by atoms with Crippen LogP contribution in [-0.2, 0) is 20.0 Å². The van der Waals surface area contributed by atoms with Gasteiger partial charge in [-0.25, -0.2) is 4.39 Å². The van der Waals surface area contributed by atoms with Gasteiger partial charge >= 0.3 is 7.60 Å². The van der Waals surface area contributed by atoms with Crippen molar-refractivity contribution in [1.82, 2.24) is 4.57 Å². The number of nitrogens with zero attached hydrogens (tertiary/aromatic N) is 1. The van der Waals surface area contributed by atoms with E-state index in [1.54, 1.807) is 48.7 Å². The highest BCUT2D eigenvalue weighted by Crippen LogP contribution is 2.51. The third-order valence-electron chi connectivity index (χ3n) is 5.21. The molecule has 0 aliphatic carbocycles. The smallest absolute Gasteiger partial charge is 0.378 e. The number of benzene rings is 3. The van der Waals surface area contributed by atoms with Crippen LogP contribution in [0, 0.1) is 5.82 Å². The molecule has 0 atom stereocenters. The fraction of sp³-hybridized carbons (Fsp3) is 0.200. The summed E-state index contributed by atoms with van der Waals surface area (Å²) in [6.45, 7) is 3.82. The molecular formula is C25H25FNO4P. The molecule has 5 nitrogen and oxygen atoms in total. The molecule has 0 aliphatic heterocycles. The van der Waals surface area contributed by atoms with Gasteiger partial charge in [0.1, 0.15) is 17.0 Å². The average Bonchev–Trinajstić information content (AvgIpc) is 3.09. The Balaban J connectivity index is 2.13. The minimum absolute atomic E-state index is 0.00314. The number of para-hydroxylation sites is 2. The fourth-order valence-corrected chi connectivity index (χ4v) is 5.93. The SMILES string of the molecule is CCOP(=O)(OCC)c1c2ccc(F)cc2c(Cc2ccccc2)n1-c1ccccc1O. The first-order chi connectivity index (χ1) is 15.5. The molecule has 0 radical (unpaired) electrons. The Labute approximate surface area is 186 Å². The fourth-order valence-electron chi connectivity index (χ4n) is 3.96. The van der Waals surface area contributed by atoms with Crippen molar-refractivity contribution in [3.63, 3.8) is 0 Å². The zero-order valence-corrected chi connectivity index (χ0v) is 18.9. The highest BCUT2D eigenvalue weighted by molar-refractivity contribution is 7.62. The Morgan fingerprint density at radius 2 is 1.56 bits per heavy atom. The van der Waals surface area contributed by atoms with Crippen molar-refractivity contribution < 1.29 is 23.1 Å². The highest BCUT2D eigenvalue weighted by Gasteiger charge is 2.36. The molecule has 32 heavy (non-hydrogen) atoms. The molecule has 0 amide bonds. The Kier molecular flexibility index (Phi) is 6.47. The van der Waals surface area contributed by atoms with Gasteiger partial charge in [-0.15, -0.1) is 0 Å². The van der Waals surface area contributed by atoms with Gasteiger partial charge in [0.15, 0.2) is 0 Å². The van der Waals surface area contributed by atoms with Crippen LogP contribution < -0.4 is 5.44 Å². The number of rotatable bonds is 8. The van der Waals surface area contributed by atoms with E-state index in [1.807, 2.05) is 30.3 Å². The summed E-state index contributed by atoms with van der Waals surface area (Å²) in [5.41, 5.74) is 2.37. The second kappa shape index (κ2) is 9.29. The summed E-state index contributed by atoms with van der Waals surface area (Å²) >= 11 is 0. The van der Waals surface area contributed by atoms with Crippen molar-refractivity contribution in [3.05, 3.63) is 89.9 Å². The summed E-state index contributed by atoms with van der Waals surface area (Å²) < 4.78 is 41.5. The van der Waals surface area contributed by atoms with Crippen LogP contribution in [0.3, 0.4) is 0 Å². The molecule has 0 unspecified atom stereocenters. The normalized spacial score (nSPS) is 11.8. The van der Waals surface area contributed by atoms with E-state index >= 15 is 0 Å². The lowest BCUT2D eigenvalue weighted by Crippen LogP contribution is -2.21. The third-order valence-corrected chi connectivity index (χ3v) is 7.37. The van der Waals surface area contributed by atoms with Crippen molar-refractivity contribution in [2.24, 2.45) is 0 Å². The van der Waals surface area contributed by atoms with Crippen LogP contribution in [0.4, 0.5) is 4.39 Å². The van der Waals surface area contributed by atoms with E-state index in [0.29, 0.717) is 28.6 Å². The zero-order valence-electron chi connectivity index (χ0n) is 18.0. The highest BCUT2D eigenvalue weighted by atomic mass is 31.2. The van der Waals surface area contributed by atoms with Crippen LogP contribution in [0.5, 0.6) is 5.75 Å². The molecule has 0 saturated carbocycles. The first-order valence-corrected chi connectivity index (χ1v) is 12.1. The molecule has 1 aromatic heterocycles. The minimum atomic E-state index is -3.81. The maximum Gasteiger partial charge on any atom is 0.378 e. The van der Waals surface area contributed by atoms with E-state index < -0.39 is 13.4 Å². The lowest BCUT2D eigenvalue weighted by molar-refractivity contribution is 0.229. The molecule has 0 aliphatic rings. The number of halogens is 1. The van der Waals surface area contributed by atoms with E-state index in [0.717, 1.165) is 5.56 Å². The van der Waals surface area contributed by atoms with Crippen LogP contribution >= 0.6 is 7.60 Å². The lowest BCUT2D eigenvalue weighted by atomic mass is 10.1. The van der Waals surface area contributed by atoms with E-state index in [2.05, 4.69) is 0 Å². The summed E-state index contributed by atoms with van der Waals surface area (Å²) in [4.78, 5) is 0. The number of hydrogen-bond acceptors (Lipinski definition) is 4. The number of aromatic hydroxyl groups is 1. The minimum Gasteiger partial charge on any atom is -0.506 e. The first-order valence-electron chi connectivity index (χ1n) is 10.5. The quantitative estimate of drug-likeness (QED) is 0.335. The van der Waals surface area contributed by atoms with Crippen molar-refractivity contribution in [2.45, 2.75) is 20.3 Å². The lowest BCUT2D eigenvalue weighted by Gasteiger charge is -2.21. The van der Waals surface area contributed by atoms with Gasteiger partial charge in [-0.05, 0) is 49.7 Å². The van der Waals surface area contributed by atoms with E-state index in [9.17, 15) is 14.1 Å². The number of phenols is 1. The van der Waals surface area contributed by atoms with Gasteiger partial charge in [0, 0.05) is 22.9 Å². The van der Waals surface area contributed by atoms with Crippen LogP contribution in [-0.4, -0.2) is 22.9 Å². The summed E-state index contributed by atoms with van der Waals surface area (Å²) in [5, 5.41) is 11.9. The molecule has 4 aromatic rings. The average molecular weight is 453 g/mol. The third kappa shape index (κ3) is 4.09. The molecule has 0 spiro atoms. The summed E-state index contributed by atoms with van der Waals surface area (Å²) in [5.74, 6) is -0.404. The molecule has 0 fully saturated rings. The van der Waals surface area contributed by atoms with Crippen molar-refractivity contribution in [3.8, 4) is 11.4 Å².